The lowest BCUT2D eigenvalue weighted by Gasteiger charge is -2.43. The summed E-state index contributed by atoms with van der Waals surface area (Å²) in [6.45, 7) is 7.88. The highest BCUT2D eigenvalue weighted by molar-refractivity contribution is 7.23. The van der Waals surface area contributed by atoms with Gasteiger partial charge in [0.2, 0.25) is 0 Å². The number of rotatable bonds is 7. The molecule has 0 aliphatic carbocycles. The summed E-state index contributed by atoms with van der Waals surface area (Å²) >= 11 is 7.96. The summed E-state index contributed by atoms with van der Waals surface area (Å²) in [5, 5.41) is 14.0. The number of halogens is 4. The molecule has 0 radical (unpaired) electrons. The number of thiophene rings is 1. The highest BCUT2D eigenvalue weighted by Crippen LogP contribution is 2.51. The van der Waals surface area contributed by atoms with E-state index in [1.165, 1.54) is 12.1 Å². The highest BCUT2D eigenvalue weighted by atomic mass is 35.5. The Labute approximate surface area is 284 Å². The van der Waals surface area contributed by atoms with Gasteiger partial charge in [-0.05, 0) is 36.9 Å². The van der Waals surface area contributed by atoms with E-state index in [1.807, 2.05) is 6.07 Å². The third-order valence-corrected chi connectivity index (χ3v) is 12.0. The monoisotopic (exact) mass is 697 g/mol. The molecule has 4 atom stereocenters. The molecule has 3 N–H and O–H groups in total. The van der Waals surface area contributed by atoms with Gasteiger partial charge in [0.25, 0.3) is 0 Å². The summed E-state index contributed by atoms with van der Waals surface area (Å²) in [6, 6.07) is 4.94. The number of nitriles is 1. The fraction of sp³-hybridized carbons (Fsp3) is 0.500. The Morgan fingerprint density at radius 3 is 2.85 bits per heavy atom. The van der Waals surface area contributed by atoms with Crippen LogP contribution in [-0.2, 0) is 0 Å². The SMILES string of the molecule is CC(C)[C@H]1NC[C@H]1CN1CCOc2c(Cl)c(-c3ccc(F)c4sc(N)c(C#N)c34)c(F)c3nc(OC[C@@]45CCCN4C[C@H](F)C5)nc1c23. The first-order valence-corrected chi connectivity index (χ1v) is 17.6. The minimum atomic E-state index is -0.935. The topological polar surface area (TPSA) is 113 Å². The van der Waals surface area contributed by atoms with E-state index < -0.39 is 23.3 Å². The number of nitrogen functional groups attached to an aromatic ring is 1. The quantitative estimate of drug-likeness (QED) is 0.230. The van der Waals surface area contributed by atoms with E-state index in [0.29, 0.717) is 55.1 Å². The number of nitrogens with two attached hydrogens (primary N) is 1. The van der Waals surface area contributed by atoms with Gasteiger partial charge >= 0.3 is 6.01 Å². The Bertz CT molecular complexity index is 2000. The number of hydrogen-bond donors (Lipinski definition) is 2. The van der Waals surface area contributed by atoms with Crippen molar-refractivity contribution in [2.75, 3.05) is 56.6 Å². The van der Waals surface area contributed by atoms with Crippen molar-refractivity contribution in [3.05, 3.63) is 34.4 Å². The molecule has 4 aliphatic heterocycles. The van der Waals surface area contributed by atoms with Crippen molar-refractivity contribution in [1.82, 2.24) is 20.2 Å². The standard InChI is InChI=1S/C34H35ClF3N7O2S/c1-16(2)27-17(12-41-27)13-44-8-9-46-29-24-28(42-33(43-32(24)44)47-15-34-6-3-7-45(34)14-18(36)10-34)26(38)23(25(29)35)19-4-5-21(37)30-22(19)20(11-39)31(40)48-30/h4-5,16-18,27,41H,3,6-10,12-15,40H2,1-2H3/t17-,18+,27+,34-/m0/s1. The van der Waals surface area contributed by atoms with Crippen LogP contribution in [0.2, 0.25) is 5.02 Å². The predicted octanol–water partition coefficient (Wildman–Crippen LogP) is 6.29. The van der Waals surface area contributed by atoms with E-state index in [1.54, 1.807) is 0 Å². The molecule has 3 saturated heterocycles. The van der Waals surface area contributed by atoms with E-state index in [9.17, 15) is 14.0 Å². The Morgan fingerprint density at radius 1 is 1.27 bits per heavy atom. The van der Waals surface area contributed by atoms with Gasteiger partial charge in [-0.1, -0.05) is 31.5 Å². The molecule has 14 heteroatoms. The van der Waals surface area contributed by atoms with Crippen molar-refractivity contribution >= 4 is 54.7 Å². The van der Waals surface area contributed by atoms with Crippen LogP contribution in [-0.4, -0.2) is 78.6 Å². The number of ether oxygens (including phenoxy) is 2. The van der Waals surface area contributed by atoms with Crippen LogP contribution in [0.15, 0.2) is 12.1 Å². The zero-order chi connectivity index (χ0) is 33.5. The van der Waals surface area contributed by atoms with Crippen LogP contribution in [0, 0.1) is 34.8 Å². The normalized spacial score (nSPS) is 25.3. The molecule has 4 aliphatic rings. The zero-order valence-electron chi connectivity index (χ0n) is 26.6. The first-order chi connectivity index (χ1) is 23.1. The summed E-state index contributed by atoms with van der Waals surface area (Å²) in [6.07, 6.45) is 1.17. The average Bonchev–Trinajstić information content (AvgIpc) is 3.63. The molecule has 0 bridgehead atoms. The molecular weight excluding hydrogens is 663 g/mol. The second kappa shape index (κ2) is 11.8. The van der Waals surface area contributed by atoms with Crippen LogP contribution in [0.3, 0.4) is 0 Å². The first-order valence-electron chi connectivity index (χ1n) is 16.4. The van der Waals surface area contributed by atoms with Crippen LogP contribution in [0.4, 0.5) is 24.0 Å². The van der Waals surface area contributed by atoms with Crippen molar-refractivity contribution < 1.29 is 22.6 Å². The van der Waals surface area contributed by atoms with Crippen molar-refractivity contribution in [3.8, 4) is 29.0 Å². The third kappa shape index (κ3) is 4.86. The maximum Gasteiger partial charge on any atom is 0.319 e. The molecule has 252 valence electrons. The second-order valence-corrected chi connectivity index (χ2v) is 15.2. The molecule has 4 aromatic rings. The Kier molecular flexibility index (Phi) is 7.78. The second-order valence-electron chi connectivity index (χ2n) is 13.7. The molecule has 8 rings (SSSR count). The zero-order valence-corrected chi connectivity index (χ0v) is 28.2. The smallest absolute Gasteiger partial charge is 0.319 e. The Morgan fingerprint density at radius 2 is 2.10 bits per heavy atom. The van der Waals surface area contributed by atoms with Gasteiger partial charge in [-0.3, -0.25) is 4.90 Å². The highest BCUT2D eigenvalue weighted by Gasteiger charge is 2.49. The van der Waals surface area contributed by atoms with E-state index in [4.69, 9.17) is 31.8 Å². The summed E-state index contributed by atoms with van der Waals surface area (Å²) in [5.74, 6) is 0.0379. The molecule has 2 aromatic heterocycles. The number of benzene rings is 2. The summed E-state index contributed by atoms with van der Waals surface area (Å²) in [7, 11) is 0. The van der Waals surface area contributed by atoms with Gasteiger partial charge in [0.1, 0.15) is 47.6 Å². The fourth-order valence-electron chi connectivity index (χ4n) is 8.26. The summed E-state index contributed by atoms with van der Waals surface area (Å²) in [4.78, 5) is 13.7. The predicted molar refractivity (Wildman–Crippen MR) is 181 cm³/mol. The molecule has 2 aromatic carbocycles. The van der Waals surface area contributed by atoms with E-state index in [2.05, 4.69) is 33.9 Å². The van der Waals surface area contributed by atoms with Gasteiger partial charge in [0.05, 0.1) is 32.8 Å². The molecule has 6 heterocycles. The van der Waals surface area contributed by atoms with E-state index in [-0.39, 0.29) is 67.3 Å². The lowest BCUT2D eigenvalue weighted by molar-refractivity contribution is 0.107. The molecule has 0 spiro atoms. The molecule has 0 saturated carbocycles. The number of nitrogens with one attached hydrogen (secondary N) is 1. The molecule has 0 unspecified atom stereocenters. The molecule has 0 amide bonds. The summed E-state index contributed by atoms with van der Waals surface area (Å²) in [5.41, 5.74) is 5.74. The fourth-order valence-corrected chi connectivity index (χ4v) is 9.54. The number of anilines is 2. The van der Waals surface area contributed by atoms with Crippen LogP contribution >= 0.6 is 22.9 Å². The van der Waals surface area contributed by atoms with Crippen LogP contribution < -0.4 is 25.4 Å². The minimum absolute atomic E-state index is 0.0278. The number of fused-ring (bicyclic) bond motifs is 2. The maximum absolute atomic E-state index is 17.2. The van der Waals surface area contributed by atoms with Gasteiger partial charge < -0.3 is 25.4 Å². The largest absolute Gasteiger partial charge is 0.489 e. The Balaban J connectivity index is 1.31. The van der Waals surface area contributed by atoms with Crippen LogP contribution in [0.25, 0.3) is 32.1 Å². The lowest BCUT2D eigenvalue weighted by Crippen LogP contribution is -2.59. The van der Waals surface area contributed by atoms with Gasteiger partial charge in [-0.25, -0.2) is 13.2 Å². The molecule has 48 heavy (non-hydrogen) atoms. The number of hydrogen-bond acceptors (Lipinski definition) is 10. The van der Waals surface area contributed by atoms with Crippen LogP contribution in [0.1, 0.15) is 38.7 Å². The number of aromatic nitrogens is 2. The van der Waals surface area contributed by atoms with E-state index >= 15 is 4.39 Å². The number of nitrogens with zero attached hydrogens (tertiary/aromatic N) is 5. The molecule has 3 fully saturated rings. The van der Waals surface area contributed by atoms with Crippen LogP contribution in [0.5, 0.6) is 11.8 Å². The van der Waals surface area contributed by atoms with Crippen molar-refractivity contribution in [2.45, 2.75) is 50.9 Å². The lowest BCUT2D eigenvalue weighted by atomic mass is 9.83. The van der Waals surface area contributed by atoms with Gasteiger partial charge in [0.15, 0.2) is 11.6 Å². The van der Waals surface area contributed by atoms with Crippen molar-refractivity contribution in [2.24, 2.45) is 11.8 Å². The molecular formula is C34H35ClF3N7O2S. The Hall–Kier alpha value is -3.57. The number of alkyl halides is 1. The third-order valence-electron chi connectivity index (χ3n) is 10.6. The maximum atomic E-state index is 17.2. The summed E-state index contributed by atoms with van der Waals surface area (Å²) < 4.78 is 59.4. The first kappa shape index (κ1) is 31.7. The molecule has 9 nitrogen and oxygen atoms in total. The average molecular weight is 698 g/mol. The van der Waals surface area contributed by atoms with E-state index in [0.717, 1.165) is 37.3 Å². The van der Waals surface area contributed by atoms with Crippen molar-refractivity contribution in [3.63, 3.8) is 0 Å². The van der Waals surface area contributed by atoms with Gasteiger partial charge in [0, 0.05) is 49.0 Å². The van der Waals surface area contributed by atoms with Gasteiger partial charge in [-0.15, -0.1) is 11.3 Å². The van der Waals surface area contributed by atoms with Gasteiger partial charge in [-0.2, -0.15) is 15.2 Å². The van der Waals surface area contributed by atoms with Crippen molar-refractivity contribution in [1.29, 1.82) is 5.26 Å². The minimum Gasteiger partial charge on any atom is -0.489 e.